The van der Waals surface area contributed by atoms with Crippen LogP contribution in [0.3, 0.4) is 0 Å². The number of benzene rings is 1. The Balaban J connectivity index is 1.93. The molecule has 82 valence electrons. The van der Waals surface area contributed by atoms with Gasteiger partial charge in [0.2, 0.25) is 6.29 Å². The van der Waals surface area contributed by atoms with Gasteiger partial charge in [0.15, 0.2) is 6.79 Å². The van der Waals surface area contributed by atoms with Gasteiger partial charge in [-0.15, -0.1) is 0 Å². The van der Waals surface area contributed by atoms with Gasteiger partial charge in [0.1, 0.15) is 0 Å². The second-order valence-corrected chi connectivity index (χ2v) is 3.19. The van der Waals surface area contributed by atoms with E-state index in [1.54, 1.807) is 0 Å². The quantitative estimate of drug-likeness (QED) is 0.699. The van der Waals surface area contributed by atoms with E-state index in [4.69, 9.17) is 9.47 Å². The summed E-state index contributed by atoms with van der Waals surface area (Å²) in [4.78, 5) is 0. The largest absolute Gasteiger partial charge is 0.362 e. The van der Waals surface area contributed by atoms with Crippen molar-refractivity contribution in [3.8, 4) is 0 Å². The number of ether oxygens (including phenoxy) is 3. The lowest BCUT2D eigenvalue weighted by Gasteiger charge is -2.22. The molecular weight excluding hydrogens is 200 g/mol. The van der Waals surface area contributed by atoms with Gasteiger partial charge in [-0.2, -0.15) is 0 Å². The van der Waals surface area contributed by atoms with Crippen molar-refractivity contribution in [3.63, 3.8) is 0 Å². The molecule has 0 spiro atoms. The molecule has 1 heterocycles. The number of hydrogen-bond acceptors (Lipinski definition) is 5. The van der Waals surface area contributed by atoms with Crippen molar-refractivity contribution in [2.24, 2.45) is 0 Å². The smallest absolute Gasteiger partial charge is 0.337 e. The third-order valence-electron chi connectivity index (χ3n) is 2.09. The molecule has 0 bridgehead atoms. The molecule has 1 aromatic carbocycles. The van der Waals surface area contributed by atoms with E-state index in [9.17, 15) is 10.2 Å². The van der Waals surface area contributed by atoms with Gasteiger partial charge in [0.25, 0.3) is 0 Å². The lowest BCUT2D eigenvalue weighted by molar-refractivity contribution is -0.379. The van der Waals surface area contributed by atoms with Gasteiger partial charge in [0.05, 0.1) is 6.61 Å². The Morgan fingerprint density at radius 3 is 2.73 bits per heavy atom. The zero-order valence-electron chi connectivity index (χ0n) is 8.00. The molecule has 1 aliphatic heterocycles. The molecule has 2 atom stereocenters. The number of aliphatic hydroxyl groups is 2. The molecule has 15 heavy (non-hydrogen) atoms. The summed E-state index contributed by atoms with van der Waals surface area (Å²) in [5, 5.41) is 18.8. The molecule has 1 fully saturated rings. The Morgan fingerprint density at radius 2 is 2.13 bits per heavy atom. The number of hydrogen-bond donors (Lipinski definition) is 2. The van der Waals surface area contributed by atoms with Crippen LogP contribution in [0.1, 0.15) is 5.56 Å². The van der Waals surface area contributed by atoms with Crippen molar-refractivity contribution in [1.29, 1.82) is 0 Å². The van der Waals surface area contributed by atoms with Gasteiger partial charge in [-0.25, -0.2) is 0 Å². The Kier molecular flexibility index (Phi) is 2.99. The molecule has 2 unspecified atom stereocenters. The number of rotatable bonds is 3. The van der Waals surface area contributed by atoms with Crippen LogP contribution in [0.5, 0.6) is 0 Å². The van der Waals surface area contributed by atoms with E-state index < -0.39 is 12.3 Å². The van der Waals surface area contributed by atoms with Gasteiger partial charge < -0.3 is 19.7 Å². The monoisotopic (exact) mass is 212 g/mol. The highest BCUT2D eigenvalue weighted by molar-refractivity contribution is 5.13. The van der Waals surface area contributed by atoms with E-state index in [1.807, 2.05) is 30.3 Å². The summed E-state index contributed by atoms with van der Waals surface area (Å²) in [6.45, 7) is -0.0514. The summed E-state index contributed by atoms with van der Waals surface area (Å²) in [7, 11) is 0. The Bertz CT molecular complexity index is 315. The van der Waals surface area contributed by atoms with Gasteiger partial charge in [-0.05, 0) is 5.56 Å². The van der Waals surface area contributed by atoms with Crippen LogP contribution in [0, 0.1) is 0 Å². The average Bonchev–Trinajstić information content (AvgIpc) is 2.59. The van der Waals surface area contributed by atoms with Crippen molar-refractivity contribution in [1.82, 2.24) is 0 Å². The van der Waals surface area contributed by atoms with E-state index in [1.165, 1.54) is 0 Å². The van der Waals surface area contributed by atoms with Crippen LogP contribution < -0.4 is 0 Å². The Hall–Kier alpha value is -0.980. The van der Waals surface area contributed by atoms with Crippen LogP contribution in [-0.4, -0.2) is 29.3 Å². The minimum atomic E-state index is -2.06. The molecule has 0 radical (unpaired) electrons. The second-order valence-electron chi connectivity index (χ2n) is 3.19. The molecule has 1 aromatic rings. The lowest BCUT2D eigenvalue weighted by Crippen LogP contribution is -2.42. The van der Waals surface area contributed by atoms with E-state index in [2.05, 4.69) is 4.74 Å². The van der Waals surface area contributed by atoms with Crippen LogP contribution in [0.25, 0.3) is 0 Å². The summed E-state index contributed by atoms with van der Waals surface area (Å²) < 4.78 is 14.4. The minimum Gasteiger partial charge on any atom is -0.362 e. The van der Waals surface area contributed by atoms with Crippen LogP contribution in [-0.2, 0) is 20.8 Å². The van der Waals surface area contributed by atoms with Gasteiger partial charge in [-0.3, -0.25) is 4.74 Å². The normalized spacial score (nSPS) is 30.7. The van der Waals surface area contributed by atoms with Crippen molar-refractivity contribution < 1.29 is 24.4 Å². The van der Waals surface area contributed by atoms with E-state index in [-0.39, 0.29) is 13.4 Å². The summed E-state index contributed by atoms with van der Waals surface area (Å²) >= 11 is 0. The molecule has 2 N–H and O–H groups in total. The average molecular weight is 212 g/mol. The molecule has 0 saturated carbocycles. The first-order valence-electron chi connectivity index (χ1n) is 4.54. The molecular formula is C10H12O5. The predicted octanol–water partition coefficient (Wildman–Crippen LogP) is 0.172. The molecule has 0 amide bonds. The van der Waals surface area contributed by atoms with Crippen LogP contribution in [0.15, 0.2) is 30.3 Å². The zero-order chi connectivity index (χ0) is 10.7. The first-order valence-corrected chi connectivity index (χ1v) is 4.54. The molecule has 1 saturated heterocycles. The fraction of sp³-hybridized carbons (Fsp3) is 0.400. The molecule has 1 aliphatic rings. The third kappa shape index (κ3) is 2.34. The summed E-state index contributed by atoms with van der Waals surface area (Å²) in [6, 6.07) is 9.26. The fourth-order valence-electron chi connectivity index (χ4n) is 1.23. The first-order chi connectivity index (χ1) is 7.21. The highest BCUT2D eigenvalue weighted by Crippen LogP contribution is 2.23. The topological polar surface area (TPSA) is 68.2 Å². The Morgan fingerprint density at radius 1 is 1.40 bits per heavy atom. The maximum absolute atomic E-state index is 9.60. The second kappa shape index (κ2) is 4.26. The molecule has 5 nitrogen and oxygen atoms in total. The lowest BCUT2D eigenvalue weighted by atomic mass is 10.2. The number of aliphatic hydroxyl groups excluding tert-OH is 1. The highest BCUT2D eigenvalue weighted by Gasteiger charge is 2.45. The van der Waals surface area contributed by atoms with Gasteiger partial charge >= 0.3 is 5.97 Å². The minimum absolute atomic E-state index is 0.137. The summed E-state index contributed by atoms with van der Waals surface area (Å²) in [5.41, 5.74) is 0.869. The molecule has 0 aliphatic carbocycles. The van der Waals surface area contributed by atoms with Crippen molar-refractivity contribution in [2.75, 3.05) is 6.79 Å². The van der Waals surface area contributed by atoms with Crippen molar-refractivity contribution in [2.45, 2.75) is 18.9 Å². The van der Waals surface area contributed by atoms with Crippen LogP contribution >= 0.6 is 0 Å². The maximum atomic E-state index is 9.60. The van der Waals surface area contributed by atoms with E-state index >= 15 is 0 Å². The summed E-state index contributed by atoms with van der Waals surface area (Å²) in [6.07, 6.45) is -1.47. The van der Waals surface area contributed by atoms with Crippen molar-refractivity contribution >= 4 is 0 Å². The third-order valence-corrected chi connectivity index (χ3v) is 2.09. The van der Waals surface area contributed by atoms with Gasteiger partial charge in [-0.1, -0.05) is 30.3 Å². The molecule has 0 aromatic heterocycles. The molecule has 5 heteroatoms. The predicted molar refractivity (Wildman–Crippen MR) is 49.2 cm³/mol. The van der Waals surface area contributed by atoms with Crippen molar-refractivity contribution in [3.05, 3.63) is 35.9 Å². The SMILES string of the molecule is OC1OCOC1(O)OCc1ccccc1. The highest BCUT2D eigenvalue weighted by atomic mass is 16.9. The standard InChI is InChI=1S/C10H12O5/c11-9-10(12,15-7-13-9)14-6-8-4-2-1-3-5-8/h1-5,9,11-12H,6-7H2. The van der Waals surface area contributed by atoms with Gasteiger partial charge in [0, 0.05) is 0 Å². The molecule has 2 rings (SSSR count). The van der Waals surface area contributed by atoms with Crippen LogP contribution in [0.4, 0.5) is 0 Å². The zero-order valence-corrected chi connectivity index (χ0v) is 8.00. The first kappa shape index (κ1) is 10.5. The Labute approximate surface area is 86.8 Å². The van der Waals surface area contributed by atoms with Crippen LogP contribution in [0.2, 0.25) is 0 Å². The van der Waals surface area contributed by atoms with E-state index in [0.29, 0.717) is 0 Å². The fourth-order valence-corrected chi connectivity index (χ4v) is 1.23. The maximum Gasteiger partial charge on any atom is 0.337 e. The summed E-state index contributed by atoms with van der Waals surface area (Å²) in [5.74, 6) is -2.06. The van der Waals surface area contributed by atoms with E-state index in [0.717, 1.165) is 5.56 Å².